The van der Waals surface area contributed by atoms with Gasteiger partial charge in [0, 0.05) is 37.1 Å². The molecule has 0 aliphatic carbocycles. The van der Waals surface area contributed by atoms with Gasteiger partial charge in [0.15, 0.2) is 0 Å². The van der Waals surface area contributed by atoms with Gasteiger partial charge in [0.2, 0.25) is 0 Å². The Kier molecular flexibility index (Phi) is 5.00. The molecule has 5 heteroatoms. The van der Waals surface area contributed by atoms with Crippen LogP contribution in [0.3, 0.4) is 0 Å². The van der Waals surface area contributed by atoms with Crippen LogP contribution in [0.2, 0.25) is 0 Å². The average molecular weight is 328 g/mol. The first kappa shape index (κ1) is 16.7. The molecule has 1 amide bonds. The lowest BCUT2D eigenvalue weighted by Crippen LogP contribution is -2.36. The number of aromatic nitrogens is 1. The summed E-state index contributed by atoms with van der Waals surface area (Å²) in [6, 6.07) is 7.66. The molecule has 1 aliphatic rings. The lowest BCUT2D eigenvalue weighted by atomic mass is 10.1. The number of nitrogens with zero attached hydrogens (tertiary/aromatic N) is 2. The zero-order chi connectivity index (χ0) is 17.1. The first-order valence-electron chi connectivity index (χ1n) is 8.44. The number of ether oxygens (including phenoxy) is 2. The summed E-state index contributed by atoms with van der Waals surface area (Å²) in [6.07, 6.45) is 1.03. The number of pyridine rings is 1. The fourth-order valence-electron chi connectivity index (χ4n) is 3.15. The zero-order valence-electron chi connectivity index (χ0n) is 14.5. The summed E-state index contributed by atoms with van der Waals surface area (Å²) in [5.41, 5.74) is 2.27. The number of hydrogen-bond donors (Lipinski definition) is 0. The minimum Gasteiger partial charge on any atom is -0.497 e. The number of amides is 1. The molecule has 1 aromatic heterocycles. The van der Waals surface area contributed by atoms with Gasteiger partial charge in [0.05, 0.1) is 30.5 Å². The molecule has 0 N–H and O–H groups in total. The van der Waals surface area contributed by atoms with Crippen molar-refractivity contribution in [2.75, 3.05) is 33.4 Å². The van der Waals surface area contributed by atoms with E-state index in [2.05, 4.69) is 4.98 Å². The van der Waals surface area contributed by atoms with Crippen LogP contribution in [-0.2, 0) is 4.74 Å². The molecule has 0 saturated carbocycles. The van der Waals surface area contributed by atoms with Crippen molar-refractivity contribution in [3.8, 4) is 5.75 Å². The highest BCUT2D eigenvalue weighted by Crippen LogP contribution is 2.23. The summed E-state index contributed by atoms with van der Waals surface area (Å²) >= 11 is 0. The summed E-state index contributed by atoms with van der Waals surface area (Å²) in [7, 11) is 1.64. The Balaban J connectivity index is 1.88. The van der Waals surface area contributed by atoms with Gasteiger partial charge in [0.1, 0.15) is 5.75 Å². The lowest BCUT2D eigenvalue weighted by molar-refractivity contribution is 0.0730. The quantitative estimate of drug-likeness (QED) is 0.846. The fraction of sp³-hybridized carbons (Fsp3) is 0.474. The summed E-state index contributed by atoms with van der Waals surface area (Å²) in [4.78, 5) is 19.5. The number of aryl methyl sites for hydroxylation is 1. The molecule has 128 valence electrons. The molecular formula is C19H24N2O3. The molecule has 1 aromatic carbocycles. The van der Waals surface area contributed by atoms with Crippen LogP contribution in [0, 0.1) is 12.8 Å². The van der Waals surface area contributed by atoms with E-state index in [0.29, 0.717) is 18.0 Å². The van der Waals surface area contributed by atoms with Crippen LogP contribution in [0.15, 0.2) is 24.3 Å². The van der Waals surface area contributed by atoms with Gasteiger partial charge in [-0.25, -0.2) is 0 Å². The third-order valence-electron chi connectivity index (χ3n) is 4.62. The van der Waals surface area contributed by atoms with Crippen molar-refractivity contribution in [1.82, 2.24) is 9.88 Å². The van der Waals surface area contributed by atoms with Gasteiger partial charge in [-0.15, -0.1) is 0 Å². The number of carbonyl (C=O) groups is 1. The number of fused-ring (bicyclic) bond motifs is 1. The fourth-order valence-corrected chi connectivity index (χ4v) is 3.15. The van der Waals surface area contributed by atoms with Crippen LogP contribution in [0.5, 0.6) is 5.75 Å². The van der Waals surface area contributed by atoms with Gasteiger partial charge < -0.3 is 14.4 Å². The standard InChI is InChI=1S/C19H24N2O3/c1-4-21(11-14-7-8-24-12-14)19(22)17-9-15-5-6-16(23-3)10-18(15)20-13(17)2/h5-6,9-10,14H,4,7-8,11-12H2,1-3H3. The van der Waals surface area contributed by atoms with E-state index in [1.54, 1.807) is 7.11 Å². The smallest absolute Gasteiger partial charge is 0.255 e. The summed E-state index contributed by atoms with van der Waals surface area (Å²) < 4.78 is 10.7. The van der Waals surface area contributed by atoms with Gasteiger partial charge >= 0.3 is 0 Å². The number of benzene rings is 1. The van der Waals surface area contributed by atoms with E-state index in [-0.39, 0.29) is 5.91 Å². The Morgan fingerprint density at radius 1 is 1.42 bits per heavy atom. The number of rotatable bonds is 5. The predicted octanol–water partition coefficient (Wildman–Crippen LogP) is 3.05. The average Bonchev–Trinajstić information content (AvgIpc) is 3.11. The molecule has 24 heavy (non-hydrogen) atoms. The predicted molar refractivity (Wildman–Crippen MR) is 93.5 cm³/mol. The molecule has 5 nitrogen and oxygen atoms in total. The molecule has 2 aromatic rings. The lowest BCUT2D eigenvalue weighted by Gasteiger charge is -2.24. The second kappa shape index (κ2) is 7.18. The van der Waals surface area contributed by atoms with E-state index in [4.69, 9.17) is 9.47 Å². The molecule has 3 rings (SSSR count). The van der Waals surface area contributed by atoms with Gasteiger partial charge in [-0.2, -0.15) is 0 Å². The Morgan fingerprint density at radius 2 is 2.25 bits per heavy atom. The van der Waals surface area contributed by atoms with Crippen molar-refractivity contribution in [3.63, 3.8) is 0 Å². The maximum Gasteiger partial charge on any atom is 0.255 e. The Morgan fingerprint density at radius 3 is 2.92 bits per heavy atom. The minimum atomic E-state index is 0.0483. The third-order valence-corrected chi connectivity index (χ3v) is 4.62. The molecule has 1 saturated heterocycles. The molecule has 1 unspecified atom stereocenters. The van der Waals surface area contributed by atoms with Crippen LogP contribution in [0.1, 0.15) is 29.4 Å². The first-order valence-corrected chi connectivity index (χ1v) is 8.44. The van der Waals surface area contributed by atoms with E-state index >= 15 is 0 Å². The highest BCUT2D eigenvalue weighted by atomic mass is 16.5. The van der Waals surface area contributed by atoms with Crippen molar-refractivity contribution in [2.24, 2.45) is 5.92 Å². The second-order valence-corrected chi connectivity index (χ2v) is 6.25. The van der Waals surface area contributed by atoms with Crippen molar-refractivity contribution in [1.29, 1.82) is 0 Å². The van der Waals surface area contributed by atoms with Gasteiger partial charge in [-0.1, -0.05) is 0 Å². The summed E-state index contributed by atoms with van der Waals surface area (Å²) in [5, 5.41) is 0.949. The summed E-state index contributed by atoms with van der Waals surface area (Å²) in [6.45, 7) is 6.89. The van der Waals surface area contributed by atoms with Crippen LogP contribution >= 0.6 is 0 Å². The molecule has 0 spiro atoms. The SMILES string of the molecule is CCN(CC1CCOC1)C(=O)c1cc2ccc(OC)cc2nc1C. The van der Waals surface area contributed by atoms with E-state index < -0.39 is 0 Å². The maximum atomic E-state index is 13.0. The Bertz CT molecular complexity index is 739. The van der Waals surface area contributed by atoms with Crippen molar-refractivity contribution in [2.45, 2.75) is 20.3 Å². The topological polar surface area (TPSA) is 51.7 Å². The van der Waals surface area contributed by atoms with Gasteiger partial charge in [-0.3, -0.25) is 9.78 Å². The van der Waals surface area contributed by atoms with E-state index in [9.17, 15) is 4.79 Å². The van der Waals surface area contributed by atoms with Crippen LogP contribution in [0.4, 0.5) is 0 Å². The van der Waals surface area contributed by atoms with Crippen molar-refractivity contribution < 1.29 is 14.3 Å². The van der Waals surface area contributed by atoms with Gasteiger partial charge in [-0.05, 0) is 38.5 Å². The molecule has 1 fully saturated rings. The number of hydrogen-bond acceptors (Lipinski definition) is 4. The minimum absolute atomic E-state index is 0.0483. The van der Waals surface area contributed by atoms with E-state index in [1.807, 2.05) is 43.0 Å². The van der Waals surface area contributed by atoms with Crippen LogP contribution in [0.25, 0.3) is 10.9 Å². The monoisotopic (exact) mass is 328 g/mol. The van der Waals surface area contributed by atoms with Crippen molar-refractivity contribution in [3.05, 3.63) is 35.5 Å². The number of methoxy groups -OCH3 is 1. The highest BCUT2D eigenvalue weighted by Gasteiger charge is 2.23. The molecule has 1 aliphatic heterocycles. The third kappa shape index (κ3) is 3.36. The molecule has 2 heterocycles. The van der Waals surface area contributed by atoms with E-state index in [0.717, 1.165) is 48.5 Å². The van der Waals surface area contributed by atoms with Gasteiger partial charge in [0.25, 0.3) is 5.91 Å². The number of carbonyl (C=O) groups excluding carboxylic acids is 1. The highest BCUT2D eigenvalue weighted by molar-refractivity contribution is 5.98. The molecule has 0 radical (unpaired) electrons. The first-order chi connectivity index (χ1) is 11.6. The molecule has 0 bridgehead atoms. The van der Waals surface area contributed by atoms with E-state index in [1.165, 1.54) is 0 Å². The second-order valence-electron chi connectivity index (χ2n) is 6.25. The Hall–Kier alpha value is -2.14. The largest absolute Gasteiger partial charge is 0.497 e. The Labute approximate surface area is 142 Å². The normalized spacial score (nSPS) is 17.2. The van der Waals surface area contributed by atoms with Crippen molar-refractivity contribution >= 4 is 16.8 Å². The summed E-state index contributed by atoms with van der Waals surface area (Å²) in [5.74, 6) is 1.25. The molecular weight excluding hydrogens is 304 g/mol. The van der Waals surface area contributed by atoms with Crippen LogP contribution < -0.4 is 4.74 Å². The zero-order valence-corrected chi connectivity index (χ0v) is 14.5. The van der Waals surface area contributed by atoms with Crippen LogP contribution in [-0.4, -0.2) is 49.2 Å². The molecule has 1 atom stereocenters. The maximum absolute atomic E-state index is 13.0.